The quantitative estimate of drug-likeness (QED) is 0.543. The van der Waals surface area contributed by atoms with Gasteiger partial charge in [0.1, 0.15) is 5.75 Å². The molecule has 7 heteroatoms. The second-order valence-electron chi connectivity index (χ2n) is 7.55. The number of hydrogen-bond donors (Lipinski definition) is 4. The maximum Gasteiger partial charge on any atom is 0.231 e. The highest BCUT2D eigenvalue weighted by atomic mass is 32.2. The molecule has 1 heterocycles. The minimum atomic E-state index is -1.99. The molecule has 1 aliphatic heterocycles. The van der Waals surface area contributed by atoms with Crippen LogP contribution in [0, 0.1) is 0 Å². The number of piperidine rings is 1. The molecular formula is C19H31N3O3S. The van der Waals surface area contributed by atoms with Crippen LogP contribution in [0.2, 0.25) is 0 Å². The summed E-state index contributed by atoms with van der Waals surface area (Å²) < 4.78 is 28.6. The summed E-state index contributed by atoms with van der Waals surface area (Å²) >= 11 is -1.99. The second-order valence-corrected chi connectivity index (χ2v) is 8.33. The Kier molecular flexibility index (Phi) is 7.05. The van der Waals surface area contributed by atoms with Crippen LogP contribution in [0.25, 0.3) is 0 Å². The Labute approximate surface area is 158 Å². The van der Waals surface area contributed by atoms with Gasteiger partial charge in [0, 0.05) is 24.0 Å². The van der Waals surface area contributed by atoms with E-state index in [2.05, 4.69) is 27.5 Å². The molecule has 26 heavy (non-hydrogen) atoms. The third-order valence-corrected chi connectivity index (χ3v) is 6.36. The number of rotatable bonds is 7. The molecule has 2 aliphatic rings. The normalized spacial score (nSPS) is 28.6. The minimum Gasteiger partial charge on any atom is -0.497 e. The molecule has 0 bridgehead atoms. The van der Waals surface area contributed by atoms with E-state index in [9.17, 15) is 8.76 Å². The molecule has 0 amide bonds. The molecule has 0 radical (unpaired) electrons. The average molecular weight is 382 g/mol. The molecular weight excluding hydrogens is 350 g/mol. The molecule has 1 saturated carbocycles. The Balaban J connectivity index is 1.68. The van der Waals surface area contributed by atoms with Crippen molar-refractivity contribution in [3.63, 3.8) is 0 Å². The topological polar surface area (TPSA) is 82.6 Å². The van der Waals surface area contributed by atoms with Crippen LogP contribution < -0.4 is 20.1 Å². The zero-order valence-electron chi connectivity index (χ0n) is 15.5. The standard InChI is InChI=1S/C19H31N3O3S/c1-25-18-4-2-3-15(13-18)19(14-21-26(23)24)9-5-16(6-10-19)22-17-7-11-20-12-8-17/h2-4,13,16-17,20-22H,5-12,14H2,1H3,(H,23,24). The molecule has 1 unspecified atom stereocenters. The van der Waals surface area contributed by atoms with Crippen molar-refractivity contribution in [3.05, 3.63) is 29.8 Å². The van der Waals surface area contributed by atoms with Crippen LogP contribution >= 0.6 is 0 Å². The second kappa shape index (κ2) is 9.28. The fraction of sp³-hybridized carbons (Fsp3) is 0.684. The summed E-state index contributed by atoms with van der Waals surface area (Å²) in [5.74, 6) is 0.835. The zero-order chi connectivity index (χ0) is 18.4. The lowest BCUT2D eigenvalue weighted by Gasteiger charge is -2.42. The van der Waals surface area contributed by atoms with Crippen LogP contribution in [-0.4, -0.2) is 47.6 Å². The molecule has 0 aromatic heterocycles. The van der Waals surface area contributed by atoms with Gasteiger partial charge in [-0.1, -0.05) is 12.1 Å². The highest BCUT2D eigenvalue weighted by Crippen LogP contribution is 2.40. The lowest BCUT2D eigenvalue weighted by Crippen LogP contribution is -2.49. The van der Waals surface area contributed by atoms with Crippen molar-refractivity contribution in [1.82, 2.24) is 15.4 Å². The number of ether oxygens (including phenoxy) is 1. The molecule has 0 spiro atoms. The van der Waals surface area contributed by atoms with E-state index in [0.717, 1.165) is 44.5 Å². The van der Waals surface area contributed by atoms with Crippen molar-refractivity contribution in [2.45, 2.75) is 56.0 Å². The van der Waals surface area contributed by atoms with E-state index < -0.39 is 11.3 Å². The Morgan fingerprint density at radius 3 is 2.58 bits per heavy atom. The van der Waals surface area contributed by atoms with Crippen molar-refractivity contribution in [1.29, 1.82) is 0 Å². The lowest BCUT2D eigenvalue weighted by atomic mass is 9.68. The first-order valence-corrected chi connectivity index (χ1v) is 10.7. The van der Waals surface area contributed by atoms with Crippen LogP contribution in [0.15, 0.2) is 24.3 Å². The summed E-state index contributed by atoms with van der Waals surface area (Å²) in [5.41, 5.74) is 1.06. The molecule has 2 fully saturated rings. The van der Waals surface area contributed by atoms with Gasteiger partial charge < -0.3 is 15.4 Å². The van der Waals surface area contributed by atoms with Crippen LogP contribution in [0.3, 0.4) is 0 Å². The fourth-order valence-electron chi connectivity index (χ4n) is 4.38. The molecule has 1 aromatic carbocycles. The molecule has 4 N–H and O–H groups in total. The summed E-state index contributed by atoms with van der Waals surface area (Å²) in [7, 11) is 1.67. The molecule has 1 atom stereocenters. The van der Waals surface area contributed by atoms with E-state index in [4.69, 9.17) is 4.74 Å². The maximum atomic E-state index is 11.2. The molecule has 1 saturated heterocycles. The molecule has 6 nitrogen and oxygen atoms in total. The molecule has 3 rings (SSSR count). The first-order chi connectivity index (χ1) is 12.6. The summed E-state index contributed by atoms with van der Waals surface area (Å²) in [6, 6.07) is 9.29. The Hall–Kier alpha value is -0.990. The molecule has 1 aromatic rings. The van der Waals surface area contributed by atoms with Gasteiger partial charge in [0.25, 0.3) is 0 Å². The monoisotopic (exact) mass is 381 g/mol. The Morgan fingerprint density at radius 1 is 1.23 bits per heavy atom. The van der Waals surface area contributed by atoms with Crippen molar-refractivity contribution < 1.29 is 13.5 Å². The Morgan fingerprint density at radius 2 is 1.92 bits per heavy atom. The lowest BCUT2D eigenvalue weighted by molar-refractivity contribution is 0.223. The summed E-state index contributed by atoms with van der Waals surface area (Å²) in [6.45, 7) is 2.71. The minimum absolute atomic E-state index is 0.126. The first-order valence-electron chi connectivity index (χ1n) is 9.57. The number of methoxy groups -OCH3 is 1. The van der Waals surface area contributed by atoms with Crippen molar-refractivity contribution in [3.8, 4) is 5.75 Å². The highest BCUT2D eigenvalue weighted by Gasteiger charge is 2.37. The van der Waals surface area contributed by atoms with E-state index in [-0.39, 0.29) is 5.41 Å². The molecule has 146 valence electrons. The summed E-state index contributed by atoms with van der Waals surface area (Å²) in [5, 5.41) is 7.25. The smallest absolute Gasteiger partial charge is 0.231 e. The van der Waals surface area contributed by atoms with Crippen LogP contribution in [0.1, 0.15) is 44.1 Å². The van der Waals surface area contributed by atoms with Gasteiger partial charge in [0.05, 0.1) is 7.11 Å². The third kappa shape index (κ3) is 5.04. The van der Waals surface area contributed by atoms with Crippen molar-refractivity contribution >= 4 is 11.3 Å². The van der Waals surface area contributed by atoms with Crippen LogP contribution in [-0.2, 0) is 16.7 Å². The van der Waals surface area contributed by atoms with Gasteiger partial charge in [-0.05, 0) is 69.3 Å². The molecule has 1 aliphatic carbocycles. The predicted molar refractivity (Wildman–Crippen MR) is 105 cm³/mol. The average Bonchev–Trinajstić information content (AvgIpc) is 2.68. The van der Waals surface area contributed by atoms with E-state index in [0.29, 0.717) is 18.6 Å². The predicted octanol–water partition coefficient (Wildman–Crippen LogP) is 1.94. The van der Waals surface area contributed by atoms with E-state index in [1.54, 1.807) is 7.11 Å². The number of hydrogen-bond acceptors (Lipinski definition) is 4. The van der Waals surface area contributed by atoms with Gasteiger partial charge in [0.2, 0.25) is 11.3 Å². The van der Waals surface area contributed by atoms with Gasteiger partial charge in [-0.15, -0.1) is 0 Å². The third-order valence-electron chi connectivity index (χ3n) is 5.97. The fourth-order valence-corrected chi connectivity index (χ4v) is 4.78. The van der Waals surface area contributed by atoms with E-state index >= 15 is 0 Å². The van der Waals surface area contributed by atoms with Gasteiger partial charge in [-0.25, -0.2) is 8.93 Å². The van der Waals surface area contributed by atoms with Gasteiger partial charge in [0.15, 0.2) is 0 Å². The van der Waals surface area contributed by atoms with Crippen LogP contribution in [0.4, 0.5) is 0 Å². The van der Waals surface area contributed by atoms with Crippen LogP contribution in [0.5, 0.6) is 5.75 Å². The first kappa shape index (κ1) is 19.8. The van der Waals surface area contributed by atoms with Gasteiger partial charge in [-0.2, -0.15) is 0 Å². The SMILES string of the molecule is COc1cccc(C2(CNS(=O)O)CCC(NC3CCNCC3)CC2)c1. The number of benzene rings is 1. The van der Waals surface area contributed by atoms with E-state index in [1.807, 2.05) is 12.1 Å². The highest BCUT2D eigenvalue weighted by molar-refractivity contribution is 7.77. The summed E-state index contributed by atoms with van der Waals surface area (Å²) in [4.78, 5) is 0. The summed E-state index contributed by atoms with van der Waals surface area (Å²) in [6.07, 6.45) is 6.55. The maximum absolute atomic E-state index is 11.2. The van der Waals surface area contributed by atoms with Crippen molar-refractivity contribution in [2.24, 2.45) is 0 Å². The zero-order valence-corrected chi connectivity index (χ0v) is 16.3. The van der Waals surface area contributed by atoms with E-state index in [1.165, 1.54) is 18.4 Å². The largest absolute Gasteiger partial charge is 0.497 e. The van der Waals surface area contributed by atoms with Crippen molar-refractivity contribution in [2.75, 3.05) is 26.7 Å². The number of nitrogens with one attached hydrogen (secondary N) is 3. The van der Waals surface area contributed by atoms with Gasteiger partial charge in [-0.3, -0.25) is 4.55 Å². The van der Waals surface area contributed by atoms with Gasteiger partial charge >= 0.3 is 0 Å². The Bertz CT molecular complexity index is 599.